The Bertz CT molecular complexity index is 469. The molecule has 0 radical (unpaired) electrons. The van der Waals surface area contributed by atoms with Crippen LogP contribution in [-0.4, -0.2) is 34.6 Å². The summed E-state index contributed by atoms with van der Waals surface area (Å²) >= 11 is 0. The highest BCUT2D eigenvalue weighted by atomic mass is 16.3. The molecule has 4 heteroatoms. The number of carbonyl (C=O) groups excluding carboxylic acids is 1. The van der Waals surface area contributed by atoms with Crippen molar-refractivity contribution in [3.63, 3.8) is 0 Å². The summed E-state index contributed by atoms with van der Waals surface area (Å²) in [5.41, 5.74) is 7.22. The van der Waals surface area contributed by atoms with Gasteiger partial charge in [-0.15, -0.1) is 0 Å². The van der Waals surface area contributed by atoms with Crippen LogP contribution in [0.4, 0.5) is 5.69 Å². The zero-order valence-corrected chi connectivity index (χ0v) is 10.9. The largest absolute Gasteiger partial charge is 0.399 e. The Hall–Kier alpha value is -1.55. The summed E-state index contributed by atoms with van der Waals surface area (Å²) in [6.07, 6.45) is 1.59. The standard InChI is InChI=1S/C14H20N2O2/c1-10-8-11(4-5-12(10)15)13(17)16-7-3-6-14(2,18)9-16/h4-5,8,18H,3,6-7,9,15H2,1-2H3. The number of nitrogens with two attached hydrogens (primary N) is 1. The van der Waals surface area contributed by atoms with Crippen molar-refractivity contribution in [2.45, 2.75) is 32.3 Å². The number of nitrogens with zero attached hydrogens (tertiary/aromatic N) is 1. The normalized spacial score (nSPS) is 24.1. The van der Waals surface area contributed by atoms with E-state index in [1.165, 1.54) is 0 Å². The summed E-state index contributed by atoms with van der Waals surface area (Å²) < 4.78 is 0. The average Bonchev–Trinajstić information content (AvgIpc) is 2.30. The van der Waals surface area contributed by atoms with E-state index in [1.54, 1.807) is 30.0 Å². The van der Waals surface area contributed by atoms with Gasteiger partial charge in [-0.25, -0.2) is 0 Å². The van der Waals surface area contributed by atoms with Crippen LogP contribution in [0.2, 0.25) is 0 Å². The number of carbonyl (C=O) groups is 1. The van der Waals surface area contributed by atoms with Crippen LogP contribution < -0.4 is 5.73 Å². The third kappa shape index (κ3) is 2.64. The van der Waals surface area contributed by atoms with Crippen molar-refractivity contribution in [2.75, 3.05) is 18.8 Å². The van der Waals surface area contributed by atoms with Crippen LogP contribution in [0.5, 0.6) is 0 Å². The number of likely N-dealkylation sites (tertiary alicyclic amines) is 1. The van der Waals surface area contributed by atoms with Gasteiger partial charge in [-0.2, -0.15) is 0 Å². The second kappa shape index (κ2) is 4.61. The summed E-state index contributed by atoms with van der Waals surface area (Å²) in [7, 11) is 0. The fourth-order valence-corrected chi connectivity index (χ4v) is 2.38. The minimum absolute atomic E-state index is 0.0296. The Labute approximate surface area is 107 Å². The molecule has 1 amide bonds. The van der Waals surface area contributed by atoms with Crippen molar-refractivity contribution >= 4 is 11.6 Å². The molecule has 1 unspecified atom stereocenters. The minimum atomic E-state index is -0.767. The van der Waals surface area contributed by atoms with Crippen LogP contribution in [-0.2, 0) is 0 Å². The SMILES string of the molecule is Cc1cc(C(=O)N2CCCC(C)(O)C2)ccc1N. The van der Waals surface area contributed by atoms with E-state index in [-0.39, 0.29) is 5.91 Å². The van der Waals surface area contributed by atoms with Crippen LogP contribution in [0.15, 0.2) is 18.2 Å². The van der Waals surface area contributed by atoms with E-state index < -0.39 is 5.60 Å². The van der Waals surface area contributed by atoms with E-state index in [0.717, 1.165) is 18.4 Å². The quantitative estimate of drug-likeness (QED) is 0.741. The smallest absolute Gasteiger partial charge is 0.253 e. The predicted molar refractivity (Wildman–Crippen MR) is 71.4 cm³/mol. The van der Waals surface area contributed by atoms with Gasteiger partial charge in [-0.1, -0.05) is 0 Å². The zero-order chi connectivity index (χ0) is 13.3. The van der Waals surface area contributed by atoms with Gasteiger partial charge in [0.2, 0.25) is 0 Å². The molecule has 2 rings (SSSR count). The summed E-state index contributed by atoms with van der Waals surface area (Å²) in [5, 5.41) is 10.0. The molecule has 0 bridgehead atoms. The molecule has 1 aromatic rings. The minimum Gasteiger partial charge on any atom is -0.399 e. The first-order valence-corrected chi connectivity index (χ1v) is 6.27. The predicted octanol–water partition coefficient (Wildman–Crippen LogP) is 1.56. The van der Waals surface area contributed by atoms with Gasteiger partial charge in [0.15, 0.2) is 0 Å². The lowest BCUT2D eigenvalue weighted by Crippen LogP contribution is -2.48. The lowest BCUT2D eigenvalue weighted by molar-refractivity contribution is -0.0107. The Balaban J connectivity index is 2.18. The van der Waals surface area contributed by atoms with Gasteiger partial charge in [0, 0.05) is 24.3 Å². The first-order valence-electron chi connectivity index (χ1n) is 6.27. The van der Waals surface area contributed by atoms with Crippen molar-refractivity contribution in [3.05, 3.63) is 29.3 Å². The Morgan fingerprint density at radius 3 is 2.83 bits per heavy atom. The fraction of sp³-hybridized carbons (Fsp3) is 0.500. The lowest BCUT2D eigenvalue weighted by Gasteiger charge is -2.36. The number of piperidine rings is 1. The molecule has 0 aliphatic carbocycles. The first kappa shape index (κ1) is 12.9. The fourth-order valence-electron chi connectivity index (χ4n) is 2.38. The van der Waals surface area contributed by atoms with Crippen molar-refractivity contribution in [2.24, 2.45) is 0 Å². The highest BCUT2D eigenvalue weighted by Gasteiger charge is 2.31. The number of β-amino-alcohol motifs (C(OH)–C–C–N with tert-alkyl or cyclic N) is 1. The zero-order valence-electron chi connectivity index (χ0n) is 10.9. The third-order valence-electron chi connectivity index (χ3n) is 3.48. The van der Waals surface area contributed by atoms with E-state index in [1.807, 2.05) is 6.92 Å². The molecule has 3 N–H and O–H groups in total. The molecule has 98 valence electrons. The molecule has 1 fully saturated rings. The van der Waals surface area contributed by atoms with Crippen LogP contribution in [0, 0.1) is 6.92 Å². The highest BCUT2D eigenvalue weighted by Crippen LogP contribution is 2.22. The van der Waals surface area contributed by atoms with Crippen molar-refractivity contribution in [1.29, 1.82) is 0 Å². The van der Waals surface area contributed by atoms with E-state index in [4.69, 9.17) is 5.73 Å². The number of benzene rings is 1. The van der Waals surface area contributed by atoms with Crippen molar-refractivity contribution in [3.8, 4) is 0 Å². The number of anilines is 1. The van der Waals surface area contributed by atoms with Crippen molar-refractivity contribution in [1.82, 2.24) is 4.90 Å². The molecule has 18 heavy (non-hydrogen) atoms. The van der Waals surface area contributed by atoms with Crippen LogP contribution in [0.3, 0.4) is 0 Å². The summed E-state index contributed by atoms with van der Waals surface area (Å²) in [4.78, 5) is 14.0. The maximum atomic E-state index is 12.3. The third-order valence-corrected chi connectivity index (χ3v) is 3.48. The van der Waals surface area contributed by atoms with Gasteiger partial charge < -0.3 is 15.7 Å². The van der Waals surface area contributed by atoms with Gasteiger partial charge in [0.1, 0.15) is 0 Å². The monoisotopic (exact) mass is 248 g/mol. The molecule has 0 spiro atoms. The van der Waals surface area contributed by atoms with Crippen molar-refractivity contribution < 1.29 is 9.90 Å². The molecule has 1 aromatic carbocycles. The molecule has 0 saturated carbocycles. The Morgan fingerprint density at radius 1 is 1.50 bits per heavy atom. The van der Waals surface area contributed by atoms with Gasteiger partial charge in [-0.05, 0) is 50.5 Å². The summed E-state index contributed by atoms with van der Waals surface area (Å²) in [6, 6.07) is 5.31. The number of nitrogen functional groups attached to an aromatic ring is 1. The molecule has 4 nitrogen and oxygen atoms in total. The second-order valence-corrected chi connectivity index (χ2v) is 5.40. The molecule has 1 saturated heterocycles. The number of hydrogen-bond acceptors (Lipinski definition) is 3. The molecule has 1 aliphatic rings. The number of aryl methyl sites for hydroxylation is 1. The second-order valence-electron chi connectivity index (χ2n) is 5.40. The van der Waals surface area contributed by atoms with Crippen LogP contribution in [0.1, 0.15) is 35.7 Å². The van der Waals surface area contributed by atoms with E-state index in [9.17, 15) is 9.90 Å². The number of aliphatic hydroxyl groups is 1. The summed E-state index contributed by atoms with van der Waals surface area (Å²) in [6.45, 7) is 4.77. The Morgan fingerprint density at radius 2 is 2.22 bits per heavy atom. The molecular weight excluding hydrogens is 228 g/mol. The van der Waals surface area contributed by atoms with Crippen LogP contribution >= 0.6 is 0 Å². The lowest BCUT2D eigenvalue weighted by atomic mass is 9.94. The topological polar surface area (TPSA) is 66.6 Å². The molecular formula is C14H20N2O2. The first-order chi connectivity index (χ1) is 8.39. The number of rotatable bonds is 1. The average molecular weight is 248 g/mol. The van der Waals surface area contributed by atoms with Crippen LogP contribution in [0.25, 0.3) is 0 Å². The molecule has 1 atom stereocenters. The highest BCUT2D eigenvalue weighted by molar-refractivity contribution is 5.95. The Kier molecular flexibility index (Phi) is 3.30. The van der Waals surface area contributed by atoms with Gasteiger partial charge in [0.25, 0.3) is 5.91 Å². The van der Waals surface area contributed by atoms with E-state index >= 15 is 0 Å². The molecule has 1 heterocycles. The van der Waals surface area contributed by atoms with Gasteiger partial charge in [-0.3, -0.25) is 4.79 Å². The summed E-state index contributed by atoms with van der Waals surface area (Å²) in [5.74, 6) is -0.0296. The number of amides is 1. The van der Waals surface area contributed by atoms with E-state index in [0.29, 0.717) is 24.3 Å². The molecule has 0 aromatic heterocycles. The maximum absolute atomic E-state index is 12.3. The number of hydrogen-bond donors (Lipinski definition) is 2. The van der Waals surface area contributed by atoms with Gasteiger partial charge in [0.05, 0.1) is 5.60 Å². The maximum Gasteiger partial charge on any atom is 0.253 e. The van der Waals surface area contributed by atoms with E-state index in [2.05, 4.69) is 0 Å². The van der Waals surface area contributed by atoms with Gasteiger partial charge >= 0.3 is 0 Å². The molecule has 1 aliphatic heterocycles.